The number of hydrogen-bond acceptors (Lipinski definition) is 3. The maximum atomic E-state index is 10.9. The van der Waals surface area contributed by atoms with E-state index in [1.807, 2.05) is 26.2 Å². The summed E-state index contributed by atoms with van der Waals surface area (Å²) in [6, 6.07) is 0. The summed E-state index contributed by atoms with van der Waals surface area (Å²) < 4.78 is 0. The van der Waals surface area contributed by atoms with Crippen LogP contribution in [-0.4, -0.2) is 16.1 Å². The summed E-state index contributed by atoms with van der Waals surface area (Å²) in [6.07, 6.45) is 0. The highest BCUT2D eigenvalue weighted by atomic mass is 32.1. The van der Waals surface area contributed by atoms with Gasteiger partial charge in [-0.2, -0.15) is 0 Å². The molecule has 0 amide bonds. The van der Waals surface area contributed by atoms with Crippen molar-refractivity contribution in [3.63, 3.8) is 0 Å². The Bertz CT molecular complexity index is 383. The molecule has 1 N–H and O–H groups in total. The molecule has 0 saturated heterocycles. The summed E-state index contributed by atoms with van der Waals surface area (Å²) in [7, 11) is 0. The van der Waals surface area contributed by atoms with Crippen LogP contribution in [0.1, 0.15) is 30.5 Å². The lowest BCUT2D eigenvalue weighted by atomic mass is 10.1. The van der Waals surface area contributed by atoms with Crippen LogP contribution in [0.15, 0.2) is 5.38 Å². The molecule has 1 aliphatic rings. The summed E-state index contributed by atoms with van der Waals surface area (Å²) >= 11 is 1.58. The molecule has 0 aromatic carbocycles. The van der Waals surface area contributed by atoms with E-state index in [0.29, 0.717) is 0 Å². The topological polar surface area (TPSA) is 50.2 Å². The van der Waals surface area contributed by atoms with Gasteiger partial charge in [-0.05, 0) is 12.3 Å². The maximum Gasteiger partial charge on any atom is 0.307 e. The summed E-state index contributed by atoms with van der Waals surface area (Å²) in [6.45, 7) is 5.93. The molecule has 0 aliphatic heterocycles. The number of aliphatic carboxylic acids is 1. The predicted molar refractivity (Wildman–Crippen MR) is 54.5 cm³/mol. The Labute approximate surface area is 86.8 Å². The second-order valence-electron chi connectivity index (χ2n) is 4.41. The summed E-state index contributed by atoms with van der Waals surface area (Å²) in [4.78, 5) is 15.3. The Hall–Kier alpha value is -0.900. The molecule has 14 heavy (non-hydrogen) atoms. The van der Waals surface area contributed by atoms with E-state index in [-0.39, 0.29) is 17.3 Å². The third kappa shape index (κ3) is 1.25. The average molecular weight is 211 g/mol. The minimum atomic E-state index is -0.703. The van der Waals surface area contributed by atoms with Crippen LogP contribution in [0, 0.1) is 18.3 Å². The lowest BCUT2D eigenvalue weighted by Gasteiger charge is -1.97. The van der Waals surface area contributed by atoms with Crippen molar-refractivity contribution in [1.29, 1.82) is 0 Å². The highest BCUT2D eigenvalue weighted by molar-refractivity contribution is 7.09. The third-order valence-electron chi connectivity index (χ3n) is 3.05. The zero-order valence-electron chi connectivity index (χ0n) is 8.44. The Kier molecular flexibility index (Phi) is 1.93. The van der Waals surface area contributed by atoms with Gasteiger partial charge in [-0.3, -0.25) is 4.79 Å². The second kappa shape index (κ2) is 2.79. The van der Waals surface area contributed by atoms with Crippen molar-refractivity contribution < 1.29 is 9.90 Å². The van der Waals surface area contributed by atoms with Crippen LogP contribution in [0.3, 0.4) is 0 Å². The lowest BCUT2D eigenvalue weighted by molar-refractivity contribution is -0.139. The summed E-state index contributed by atoms with van der Waals surface area (Å²) in [5.41, 5.74) is 0.816. The molecule has 4 heteroatoms. The van der Waals surface area contributed by atoms with Crippen LogP contribution in [0.2, 0.25) is 0 Å². The maximum absolute atomic E-state index is 10.9. The highest BCUT2D eigenvalue weighted by Crippen LogP contribution is 2.64. The number of thiazole rings is 1. The van der Waals surface area contributed by atoms with E-state index in [4.69, 9.17) is 5.11 Å². The number of carboxylic acids is 1. The molecule has 1 heterocycles. The van der Waals surface area contributed by atoms with E-state index in [1.165, 1.54) is 0 Å². The molecule has 76 valence electrons. The van der Waals surface area contributed by atoms with Gasteiger partial charge in [0.1, 0.15) is 0 Å². The molecule has 1 fully saturated rings. The predicted octanol–water partition coefficient (Wildman–Crippen LogP) is 2.28. The number of aromatic nitrogens is 1. The molecule has 0 bridgehead atoms. The summed E-state index contributed by atoms with van der Waals surface area (Å²) in [5, 5.41) is 12.0. The van der Waals surface area contributed by atoms with Gasteiger partial charge in [0.2, 0.25) is 0 Å². The molecule has 3 nitrogen and oxygen atoms in total. The molecular weight excluding hydrogens is 198 g/mol. The van der Waals surface area contributed by atoms with Crippen molar-refractivity contribution in [2.24, 2.45) is 11.3 Å². The van der Waals surface area contributed by atoms with Crippen molar-refractivity contribution in [3.8, 4) is 0 Å². The first-order valence-corrected chi connectivity index (χ1v) is 5.47. The van der Waals surface area contributed by atoms with Crippen LogP contribution >= 0.6 is 11.3 Å². The van der Waals surface area contributed by atoms with Gasteiger partial charge >= 0.3 is 5.97 Å². The van der Waals surface area contributed by atoms with E-state index < -0.39 is 5.97 Å². The molecule has 0 radical (unpaired) electrons. The van der Waals surface area contributed by atoms with Gasteiger partial charge in [-0.1, -0.05) is 13.8 Å². The number of nitrogens with zero attached hydrogens (tertiary/aromatic N) is 1. The first-order valence-electron chi connectivity index (χ1n) is 4.59. The van der Waals surface area contributed by atoms with E-state index in [9.17, 15) is 4.79 Å². The fourth-order valence-electron chi connectivity index (χ4n) is 2.17. The first-order chi connectivity index (χ1) is 6.44. The smallest absolute Gasteiger partial charge is 0.307 e. The molecule has 2 rings (SSSR count). The minimum Gasteiger partial charge on any atom is -0.481 e. The summed E-state index contributed by atoms with van der Waals surface area (Å²) in [5.74, 6) is -0.861. The second-order valence-corrected chi connectivity index (χ2v) is 5.47. The molecule has 0 unspecified atom stereocenters. The number of carboxylic acid groups (broad SMARTS) is 1. The standard InChI is InChI=1S/C10H13NO2S/c1-5-11-6(4-14-5)7-8(9(12)13)10(7,2)3/h4,7-8H,1-3H3,(H,12,13)/t7-,8+/m0/s1. The van der Waals surface area contributed by atoms with Gasteiger partial charge in [0.05, 0.1) is 16.6 Å². The lowest BCUT2D eigenvalue weighted by Crippen LogP contribution is -2.03. The van der Waals surface area contributed by atoms with Crippen molar-refractivity contribution in [3.05, 3.63) is 16.1 Å². The third-order valence-corrected chi connectivity index (χ3v) is 3.84. The van der Waals surface area contributed by atoms with E-state index >= 15 is 0 Å². The zero-order valence-corrected chi connectivity index (χ0v) is 9.26. The van der Waals surface area contributed by atoms with Gasteiger partial charge in [0, 0.05) is 11.3 Å². The number of aryl methyl sites for hydroxylation is 1. The molecule has 1 aromatic heterocycles. The molecular formula is C10H13NO2S. The molecule has 2 atom stereocenters. The van der Waals surface area contributed by atoms with E-state index in [2.05, 4.69) is 4.98 Å². The van der Waals surface area contributed by atoms with Crippen molar-refractivity contribution in [2.75, 3.05) is 0 Å². The normalized spacial score (nSPS) is 28.8. The zero-order chi connectivity index (χ0) is 10.5. The van der Waals surface area contributed by atoms with Crippen LogP contribution in [0.5, 0.6) is 0 Å². The van der Waals surface area contributed by atoms with Crippen LogP contribution in [0.4, 0.5) is 0 Å². The van der Waals surface area contributed by atoms with Crippen LogP contribution < -0.4 is 0 Å². The Morgan fingerprint density at radius 3 is 2.64 bits per heavy atom. The number of carbonyl (C=O) groups is 1. The number of rotatable bonds is 2. The van der Waals surface area contributed by atoms with Gasteiger partial charge < -0.3 is 5.11 Å². The fourth-order valence-corrected chi connectivity index (χ4v) is 2.82. The minimum absolute atomic E-state index is 0.102. The van der Waals surface area contributed by atoms with Crippen LogP contribution in [-0.2, 0) is 4.79 Å². The van der Waals surface area contributed by atoms with Crippen molar-refractivity contribution in [1.82, 2.24) is 4.98 Å². The quantitative estimate of drug-likeness (QED) is 0.816. The SMILES string of the molecule is Cc1nc([C@H]2[C@H](C(=O)O)C2(C)C)cs1. The Balaban J connectivity index is 2.27. The molecule has 0 spiro atoms. The Morgan fingerprint density at radius 2 is 2.29 bits per heavy atom. The van der Waals surface area contributed by atoms with E-state index in [0.717, 1.165) is 10.7 Å². The molecule has 1 aliphatic carbocycles. The van der Waals surface area contributed by atoms with E-state index in [1.54, 1.807) is 11.3 Å². The number of hydrogen-bond donors (Lipinski definition) is 1. The van der Waals surface area contributed by atoms with Gasteiger partial charge in [-0.15, -0.1) is 11.3 Å². The van der Waals surface area contributed by atoms with Crippen molar-refractivity contribution in [2.45, 2.75) is 26.7 Å². The largest absolute Gasteiger partial charge is 0.481 e. The van der Waals surface area contributed by atoms with Gasteiger partial charge in [0.25, 0.3) is 0 Å². The van der Waals surface area contributed by atoms with Crippen molar-refractivity contribution >= 4 is 17.3 Å². The van der Waals surface area contributed by atoms with Gasteiger partial charge in [0.15, 0.2) is 0 Å². The highest BCUT2D eigenvalue weighted by Gasteiger charge is 2.63. The fraction of sp³-hybridized carbons (Fsp3) is 0.600. The van der Waals surface area contributed by atoms with Gasteiger partial charge in [-0.25, -0.2) is 4.98 Å². The monoisotopic (exact) mass is 211 g/mol. The first kappa shape index (κ1) is 9.65. The molecule has 1 aromatic rings. The average Bonchev–Trinajstić information content (AvgIpc) is 2.42. The molecule has 1 saturated carbocycles. The Morgan fingerprint density at radius 1 is 1.64 bits per heavy atom. The van der Waals surface area contributed by atoms with Crippen LogP contribution in [0.25, 0.3) is 0 Å².